The highest BCUT2D eigenvalue weighted by Gasteiger charge is 2.14. The average molecular weight is 315 g/mol. The zero-order chi connectivity index (χ0) is 14.7. The summed E-state index contributed by atoms with van der Waals surface area (Å²) >= 11 is 11.7. The Labute approximate surface area is 126 Å². The molecule has 2 rings (SSSR count). The molecule has 2 nitrogen and oxygen atoms in total. The molecular formula is C15H13Cl2FO2. The van der Waals surface area contributed by atoms with Gasteiger partial charge in [-0.25, -0.2) is 4.39 Å². The quantitative estimate of drug-likeness (QED) is 0.905. The number of aliphatic hydroxyl groups is 1. The molecule has 0 bridgehead atoms. The minimum absolute atomic E-state index is 0.0143. The van der Waals surface area contributed by atoms with Gasteiger partial charge in [-0.05, 0) is 41.5 Å². The molecule has 2 aromatic rings. The number of ether oxygens (including phenoxy) is 1. The molecule has 106 valence electrons. The molecule has 1 atom stereocenters. The van der Waals surface area contributed by atoms with E-state index < -0.39 is 11.9 Å². The molecular weight excluding hydrogens is 302 g/mol. The van der Waals surface area contributed by atoms with Gasteiger partial charge in [-0.1, -0.05) is 29.3 Å². The molecule has 5 heteroatoms. The molecule has 1 N–H and O–H groups in total. The van der Waals surface area contributed by atoms with Crippen LogP contribution in [0.1, 0.15) is 17.2 Å². The molecule has 0 amide bonds. The van der Waals surface area contributed by atoms with E-state index in [0.29, 0.717) is 22.8 Å². The van der Waals surface area contributed by atoms with Crippen LogP contribution in [-0.2, 0) is 6.42 Å². The van der Waals surface area contributed by atoms with E-state index in [1.165, 1.54) is 18.2 Å². The first kappa shape index (κ1) is 15.1. The number of benzene rings is 2. The number of aliphatic hydroxyl groups excluding tert-OH is 1. The predicted molar refractivity (Wildman–Crippen MR) is 78.1 cm³/mol. The van der Waals surface area contributed by atoms with Crippen molar-refractivity contribution in [3.8, 4) is 5.75 Å². The fourth-order valence-corrected chi connectivity index (χ4v) is 2.34. The van der Waals surface area contributed by atoms with Crippen LogP contribution in [0.2, 0.25) is 10.0 Å². The van der Waals surface area contributed by atoms with Crippen LogP contribution in [0, 0.1) is 5.82 Å². The van der Waals surface area contributed by atoms with Gasteiger partial charge in [0.25, 0.3) is 0 Å². The lowest BCUT2D eigenvalue weighted by Crippen LogP contribution is -2.04. The lowest BCUT2D eigenvalue weighted by atomic mass is 10.0. The highest BCUT2D eigenvalue weighted by molar-refractivity contribution is 6.31. The average Bonchev–Trinajstić information content (AvgIpc) is 2.42. The lowest BCUT2D eigenvalue weighted by molar-refractivity contribution is 0.177. The lowest BCUT2D eigenvalue weighted by Gasteiger charge is -2.14. The van der Waals surface area contributed by atoms with E-state index in [1.807, 2.05) is 0 Å². The molecule has 0 heterocycles. The highest BCUT2D eigenvalue weighted by Crippen LogP contribution is 2.29. The third kappa shape index (κ3) is 3.42. The fraction of sp³-hybridized carbons (Fsp3) is 0.200. The van der Waals surface area contributed by atoms with Gasteiger partial charge in [-0.3, -0.25) is 0 Å². The Kier molecular flexibility index (Phi) is 4.86. The molecule has 0 aliphatic carbocycles. The van der Waals surface area contributed by atoms with Crippen molar-refractivity contribution in [2.45, 2.75) is 12.5 Å². The van der Waals surface area contributed by atoms with Crippen LogP contribution in [-0.4, -0.2) is 12.2 Å². The SMILES string of the molecule is COc1ccc(Cl)cc1CC(O)c1ccc(F)c(Cl)c1. The molecule has 0 saturated carbocycles. The van der Waals surface area contributed by atoms with Crippen LogP contribution in [0.5, 0.6) is 5.75 Å². The van der Waals surface area contributed by atoms with Gasteiger partial charge in [0.15, 0.2) is 0 Å². The molecule has 0 saturated heterocycles. The minimum Gasteiger partial charge on any atom is -0.496 e. The normalized spacial score (nSPS) is 12.2. The van der Waals surface area contributed by atoms with Crippen molar-refractivity contribution in [2.24, 2.45) is 0 Å². The van der Waals surface area contributed by atoms with E-state index in [2.05, 4.69) is 0 Å². The maximum atomic E-state index is 13.1. The van der Waals surface area contributed by atoms with E-state index >= 15 is 0 Å². The molecule has 0 fully saturated rings. The van der Waals surface area contributed by atoms with Crippen molar-refractivity contribution in [3.05, 3.63) is 63.4 Å². The Morgan fingerprint density at radius 3 is 2.60 bits per heavy atom. The Hall–Kier alpha value is -1.29. The Balaban J connectivity index is 2.24. The Morgan fingerprint density at radius 2 is 1.95 bits per heavy atom. The summed E-state index contributed by atoms with van der Waals surface area (Å²) in [6, 6.07) is 9.33. The van der Waals surface area contributed by atoms with Crippen LogP contribution in [0.15, 0.2) is 36.4 Å². The topological polar surface area (TPSA) is 29.5 Å². The van der Waals surface area contributed by atoms with Gasteiger partial charge < -0.3 is 9.84 Å². The number of methoxy groups -OCH3 is 1. The molecule has 0 aromatic heterocycles. The maximum Gasteiger partial charge on any atom is 0.141 e. The van der Waals surface area contributed by atoms with Gasteiger partial charge in [-0.15, -0.1) is 0 Å². The summed E-state index contributed by atoms with van der Waals surface area (Å²) in [5, 5.41) is 10.8. The number of halogens is 3. The van der Waals surface area contributed by atoms with Crippen molar-refractivity contribution in [1.82, 2.24) is 0 Å². The van der Waals surface area contributed by atoms with Gasteiger partial charge in [-0.2, -0.15) is 0 Å². The van der Waals surface area contributed by atoms with Gasteiger partial charge in [0, 0.05) is 11.4 Å². The second-order valence-electron chi connectivity index (χ2n) is 4.35. The predicted octanol–water partition coefficient (Wildman–Crippen LogP) is 4.42. The second-order valence-corrected chi connectivity index (χ2v) is 5.19. The summed E-state index contributed by atoms with van der Waals surface area (Å²) in [5.41, 5.74) is 1.31. The number of hydrogen-bond donors (Lipinski definition) is 1. The van der Waals surface area contributed by atoms with E-state index in [1.54, 1.807) is 25.3 Å². The third-order valence-corrected chi connectivity index (χ3v) is 3.51. The van der Waals surface area contributed by atoms with Crippen LogP contribution in [0.25, 0.3) is 0 Å². The number of hydrogen-bond acceptors (Lipinski definition) is 2. The zero-order valence-electron chi connectivity index (χ0n) is 10.7. The minimum atomic E-state index is -0.819. The molecule has 2 aromatic carbocycles. The summed E-state index contributed by atoms with van der Waals surface area (Å²) in [6.45, 7) is 0. The fourth-order valence-electron chi connectivity index (χ4n) is 1.95. The molecule has 0 aliphatic heterocycles. The molecule has 1 unspecified atom stereocenters. The van der Waals surface area contributed by atoms with Crippen molar-refractivity contribution in [3.63, 3.8) is 0 Å². The largest absolute Gasteiger partial charge is 0.496 e. The summed E-state index contributed by atoms with van der Waals surface area (Å²) in [7, 11) is 1.55. The van der Waals surface area contributed by atoms with Crippen molar-refractivity contribution < 1.29 is 14.2 Å². The van der Waals surface area contributed by atoms with Gasteiger partial charge in [0.2, 0.25) is 0 Å². The molecule has 20 heavy (non-hydrogen) atoms. The maximum absolute atomic E-state index is 13.1. The van der Waals surface area contributed by atoms with Crippen LogP contribution < -0.4 is 4.74 Å². The van der Waals surface area contributed by atoms with Gasteiger partial charge >= 0.3 is 0 Å². The second kappa shape index (κ2) is 6.44. The summed E-state index contributed by atoms with van der Waals surface area (Å²) in [4.78, 5) is 0. The van der Waals surface area contributed by atoms with Crippen LogP contribution >= 0.6 is 23.2 Å². The van der Waals surface area contributed by atoms with Crippen LogP contribution in [0.4, 0.5) is 4.39 Å². The van der Waals surface area contributed by atoms with E-state index in [-0.39, 0.29) is 5.02 Å². The van der Waals surface area contributed by atoms with Crippen LogP contribution in [0.3, 0.4) is 0 Å². The Bertz CT molecular complexity index is 617. The molecule has 0 spiro atoms. The first-order valence-corrected chi connectivity index (χ1v) is 6.72. The van der Waals surface area contributed by atoms with Crippen molar-refractivity contribution in [2.75, 3.05) is 7.11 Å². The zero-order valence-corrected chi connectivity index (χ0v) is 12.2. The first-order valence-electron chi connectivity index (χ1n) is 5.96. The standard InChI is InChI=1S/C15H13Cl2FO2/c1-20-15-5-3-11(16)6-10(15)8-14(19)9-2-4-13(18)12(17)7-9/h2-7,14,19H,8H2,1H3. The molecule has 0 aliphatic rings. The highest BCUT2D eigenvalue weighted by atomic mass is 35.5. The molecule has 0 radical (unpaired) electrons. The van der Waals surface area contributed by atoms with Crippen molar-refractivity contribution >= 4 is 23.2 Å². The van der Waals surface area contributed by atoms with E-state index in [4.69, 9.17) is 27.9 Å². The number of rotatable bonds is 4. The van der Waals surface area contributed by atoms with Crippen molar-refractivity contribution in [1.29, 1.82) is 0 Å². The van der Waals surface area contributed by atoms with E-state index in [9.17, 15) is 9.50 Å². The first-order chi connectivity index (χ1) is 9.51. The summed E-state index contributed by atoms with van der Waals surface area (Å²) in [5.74, 6) is 0.129. The smallest absolute Gasteiger partial charge is 0.141 e. The Morgan fingerprint density at radius 1 is 1.20 bits per heavy atom. The van der Waals surface area contributed by atoms with Gasteiger partial charge in [0.1, 0.15) is 11.6 Å². The summed E-state index contributed by atoms with van der Waals surface area (Å²) < 4.78 is 18.3. The monoisotopic (exact) mass is 314 g/mol. The van der Waals surface area contributed by atoms with Gasteiger partial charge in [0.05, 0.1) is 18.2 Å². The summed E-state index contributed by atoms with van der Waals surface area (Å²) in [6.07, 6.45) is -0.522. The third-order valence-electron chi connectivity index (χ3n) is 2.98. The van der Waals surface area contributed by atoms with E-state index in [0.717, 1.165) is 5.56 Å².